The summed E-state index contributed by atoms with van der Waals surface area (Å²) in [5.74, 6) is -0.670. The summed E-state index contributed by atoms with van der Waals surface area (Å²) in [6.07, 6.45) is 1.58. The van der Waals surface area contributed by atoms with Crippen molar-refractivity contribution in [1.82, 2.24) is 0 Å². The van der Waals surface area contributed by atoms with Gasteiger partial charge in [-0.25, -0.2) is 4.39 Å². The summed E-state index contributed by atoms with van der Waals surface area (Å²) in [5.41, 5.74) is 1.16. The second-order valence-electron chi connectivity index (χ2n) is 4.59. The average Bonchev–Trinajstić information content (AvgIpc) is 2.75. The van der Waals surface area contributed by atoms with Crippen LogP contribution in [0, 0.1) is 11.2 Å². The fourth-order valence-corrected chi connectivity index (χ4v) is 3.05. The SMILES string of the molecule is N=C1S/C(=C\c2cccc(F)c2)C(=O)N1c1ccc(Cl)cc1. The average molecular weight is 333 g/mol. The minimum atomic E-state index is -0.366. The van der Waals surface area contributed by atoms with Gasteiger partial charge in [0.25, 0.3) is 5.91 Å². The Morgan fingerprint density at radius 1 is 1.18 bits per heavy atom. The fraction of sp³-hybridized carbons (Fsp3) is 0. The number of benzene rings is 2. The molecule has 0 unspecified atom stereocenters. The number of hydrogen-bond donors (Lipinski definition) is 1. The largest absolute Gasteiger partial charge is 0.278 e. The first-order chi connectivity index (χ1) is 10.5. The number of carbonyl (C=O) groups is 1. The number of carbonyl (C=O) groups excluding carboxylic acids is 1. The first-order valence-electron chi connectivity index (χ1n) is 6.38. The van der Waals surface area contributed by atoms with Gasteiger partial charge in [0.2, 0.25) is 0 Å². The maximum absolute atomic E-state index is 13.2. The summed E-state index contributed by atoms with van der Waals surface area (Å²) in [7, 11) is 0. The molecule has 0 atom stereocenters. The van der Waals surface area contributed by atoms with Crippen LogP contribution in [0.3, 0.4) is 0 Å². The first kappa shape index (κ1) is 14.8. The van der Waals surface area contributed by atoms with E-state index in [1.807, 2.05) is 0 Å². The van der Waals surface area contributed by atoms with E-state index in [1.54, 1.807) is 42.5 Å². The van der Waals surface area contributed by atoms with Crippen LogP contribution in [-0.2, 0) is 4.79 Å². The molecule has 2 aromatic carbocycles. The number of amides is 1. The molecule has 110 valence electrons. The number of halogens is 2. The quantitative estimate of drug-likeness (QED) is 0.821. The molecule has 6 heteroatoms. The molecule has 3 rings (SSSR count). The van der Waals surface area contributed by atoms with Crippen molar-refractivity contribution in [1.29, 1.82) is 5.41 Å². The summed E-state index contributed by atoms with van der Waals surface area (Å²) in [6.45, 7) is 0. The third-order valence-corrected chi connectivity index (χ3v) is 4.20. The molecule has 1 fully saturated rings. The smallest absolute Gasteiger partial charge is 0.271 e. The number of nitrogens with zero attached hydrogens (tertiary/aromatic N) is 1. The number of nitrogens with one attached hydrogen (secondary N) is 1. The second-order valence-corrected chi connectivity index (χ2v) is 6.05. The van der Waals surface area contributed by atoms with Crippen LogP contribution in [0.4, 0.5) is 10.1 Å². The van der Waals surface area contributed by atoms with Crippen molar-refractivity contribution in [3.8, 4) is 0 Å². The van der Waals surface area contributed by atoms with Gasteiger partial charge in [0.1, 0.15) is 5.82 Å². The van der Waals surface area contributed by atoms with E-state index in [9.17, 15) is 9.18 Å². The van der Waals surface area contributed by atoms with Crippen molar-refractivity contribution in [3.05, 3.63) is 69.8 Å². The van der Waals surface area contributed by atoms with Crippen LogP contribution < -0.4 is 4.90 Å². The second kappa shape index (κ2) is 5.94. The third kappa shape index (κ3) is 2.91. The van der Waals surface area contributed by atoms with Crippen LogP contribution in [0.15, 0.2) is 53.4 Å². The molecule has 2 aromatic rings. The van der Waals surface area contributed by atoms with Gasteiger partial charge in [-0.2, -0.15) is 0 Å². The molecule has 1 saturated heterocycles. The zero-order valence-electron chi connectivity index (χ0n) is 11.2. The summed E-state index contributed by atoms with van der Waals surface area (Å²) in [5, 5.41) is 8.65. The molecule has 0 saturated carbocycles. The van der Waals surface area contributed by atoms with E-state index in [4.69, 9.17) is 17.0 Å². The van der Waals surface area contributed by atoms with Gasteiger partial charge >= 0.3 is 0 Å². The van der Waals surface area contributed by atoms with Crippen LogP contribution in [0.1, 0.15) is 5.56 Å². The zero-order valence-corrected chi connectivity index (χ0v) is 12.8. The Labute approximate surface area is 135 Å². The highest BCUT2D eigenvalue weighted by Gasteiger charge is 2.33. The van der Waals surface area contributed by atoms with Crippen LogP contribution in [0.5, 0.6) is 0 Å². The summed E-state index contributed by atoms with van der Waals surface area (Å²) >= 11 is 6.88. The Bertz CT molecular complexity index is 789. The van der Waals surface area contributed by atoms with Crippen LogP contribution in [0.25, 0.3) is 6.08 Å². The minimum absolute atomic E-state index is 0.106. The van der Waals surface area contributed by atoms with Gasteiger partial charge in [-0.15, -0.1) is 0 Å². The van der Waals surface area contributed by atoms with E-state index in [2.05, 4.69) is 0 Å². The van der Waals surface area contributed by atoms with Gasteiger partial charge in [-0.1, -0.05) is 23.7 Å². The third-order valence-electron chi connectivity index (χ3n) is 3.05. The lowest BCUT2D eigenvalue weighted by molar-refractivity contribution is -0.113. The number of thioether (sulfide) groups is 1. The Balaban J connectivity index is 1.93. The Hall–Kier alpha value is -2.11. The van der Waals surface area contributed by atoms with Crippen molar-refractivity contribution in [2.45, 2.75) is 0 Å². The molecule has 0 aromatic heterocycles. The topological polar surface area (TPSA) is 44.2 Å². The number of anilines is 1. The zero-order chi connectivity index (χ0) is 15.7. The van der Waals surface area contributed by atoms with E-state index in [0.717, 1.165) is 11.8 Å². The molecule has 22 heavy (non-hydrogen) atoms. The number of amidine groups is 1. The highest BCUT2D eigenvalue weighted by Crippen LogP contribution is 2.35. The predicted molar refractivity (Wildman–Crippen MR) is 88.6 cm³/mol. The standard InChI is InChI=1S/C16H10ClFN2OS/c17-11-4-6-13(7-5-11)20-15(21)14(22-16(20)19)9-10-2-1-3-12(18)8-10/h1-9,19H/b14-9-,19-16?. The molecule has 1 amide bonds. The molecule has 0 radical (unpaired) electrons. The highest BCUT2D eigenvalue weighted by atomic mass is 35.5. The van der Waals surface area contributed by atoms with Crippen molar-refractivity contribution in [3.63, 3.8) is 0 Å². The first-order valence-corrected chi connectivity index (χ1v) is 7.58. The van der Waals surface area contributed by atoms with Gasteiger partial charge in [0.05, 0.1) is 10.6 Å². The molecular weight excluding hydrogens is 323 g/mol. The van der Waals surface area contributed by atoms with E-state index in [-0.39, 0.29) is 16.9 Å². The Morgan fingerprint density at radius 2 is 1.91 bits per heavy atom. The van der Waals surface area contributed by atoms with E-state index >= 15 is 0 Å². The molecular formula is C16H10ClFN2OS. The lowest BCUT2D eigenvalue weighted by Crippen LogP contribution is -2.27. The van der Waals surface area contributed by atoms with Gasteiger partial charge < -0.3 is 0 Å². The molecule has 1 heterocycles. The van der Waals surface area contributed by atoms with E-state index in [0.29, 0.717) is 21.2 Å². The minimum Gasteiger partial charge on any atom is -0.278 e. The van der Waals surface area contributed by atoms with Crippen LogP contribution in [0.2, 0.25) is 5.02 Å². The molecule has 0 bridgehead atoms. The summed E-state index contributed by atoms with van der Waals surface area (Å²) < 4.78 is 13.2. The highest BCUT2D eigenvalue weighted by molar-refractivity contribution is 8.19. The van der Waals surface area contributed by atoms with Gasteiger partial charge in [-0.05, 0) is 59.8 Å². The van der Waals surface area contributed by atoms with Crippen molar-refractivity contribution >= 4 is 46.2 Å². The van der Waals surface area contributed by atoms with Crippen LogP contribution >= 0.6 is 23.4 Å². The fourth-order valence-electron chi connectivity index (χ4n) is 2.06. The van der Waals surface area contributed by atoms with Gasteiger partial charge in [0.15, 0.2) is 5.17 Å². The molecule has 1 aliphatic rings. The normalized spacial score (nSPS) is 16.6. The van der Waals surface area contributed by atoms with Crippen molar-refractivity contribution < 1.29 is 9.18 Å². The molecule has 0 spiro atoms. The maximum Gasteiger partial charge on any atom is 0.271 e. The lowest BCUT2D eigenvalue weighted by atomic mass is 10.2. The summed E-state index contributed by atoms with van der Waals surface area (Å²) in [6, 6.07) is 12.7. The lowest BCUT2D eigenvalue weighted by Gasteiger charge is -2.14. The maximum atomic E-state index is 13.2. The van der Waals surface area contributed by atoms with E-state index in [1.165, 1.54) is 17.0 Å². The number of rotatable bonds is 2. The monoisotopic (exact) mass is 332 g/mol. The Kier molecular flexibility index (Phi) is 4.00. The van der Waals surface area contributed by atoms with Crippen molar-refractivity contribution in [2.75, 3.05) is 4.90 Å². The molecule has 1 N–H and O–H groups in total. The molecule has 1 aliphatic heterocycles. The van der Waals surface area contributed by atoms with Crippen LogP contribution in [-0.4, -0.2) is 11.1 Å². The molecule has 0 aliphatic carbocycles. The number of hydrogen-bond acceptors (Lipinski definition) is 3. The molecule has 3 nitrogen and oxygen atoms in total. The summed E-state index contributed by atoms with van der Waals surface area (Å²) in [4.78, 5) is 14.1. The van der Waals surface area contributed by atoms with E-state index < -0.39 is 0 Å². The predicted octanol–water partition coefficient (Wildman–Crippen LogP) is 4.53. The van der Waals surface area contributed by atoms with Gasteiger partial charge in [-0.3, -0.25) is 15.1 Å². The van der Waals surface area contributed by atoms with Crippen molar-refractivity contribution in [2.24, 2.45) is 0 Å². The van der Waals surface area contributed by atoms with Gasteiger partial charge in [0, 0.05) is 5.02 Å². The Morgan fingerprint density at radius 3 is 2.59 bits per heavy atom.